The van der Waals surface area contributed by atoms with Gasteiger partial charge in [-0.1, -0.05) is 48.7 Å². The topological polar surface area (TPSA) is 55.1 Å². The molecule has 2 rings (SSSR count). The van der Waals surface area contributed by atoms with Crippen molar-refractivity contribution in [2.45, 2.75) is 20.3 Å². The Morgan fingerprint density at radius 2 is 1.95 bits per heavy atom. The van der Waals surface area contributed by atoms with Gasteiger partial charge < -0.3 is 5.11 Å². The Bertz CT molecular complexity index is 696. The third-order valence-electron chi connectivity index (χ3n) is 2.86. The van der Waals surface area contributed by atoms with Gasteiger partial charge in [0, 0.05) is 0 Å². The van der Waals surface area contributed by atoms with Gasteiger partial charge in [-0.25, -0.2) is 9.48 Å². The highest BCUT2D eigenvalue weighted by atomic mass is 35.5. The van der Waals surface area contributed by atoms with Gasteiger partial charge in [0.15, 0.2) is 0 Å². The summed E-state index contributed by atoms with van der Waals surface area (Å²) in [5.41, 5.74) is 1.04. The lowest BCUT2D eigenvalue weighted by Gasteiger charge is -2.04. The first-order valence-corrected chi connectivity index (χ1v) is 7.40. The van der Waals surface area contributed by atoms with Crippen molar-refractivity contribution in [1.82, 2.24) is 9.78 Å². The van der Waals surface area contributed by atoms with E-state index >= 15 is 0 Å². The van der Waals surface area contributed by atoms with Gasteiger partial charge in [0.2, 0.25) is 0 Å². The predicted octanol–water partition coefficient (Wildman–Crippen LogP) is 4.73. The highest BCUT2D eigenvalue weighted by Crippen LogP contribution is 2.29. The summed E-state index contributed by atoms with van der Waals surface area (Å²) in [6.45, 7) is 3.97. The van der Waals surface area contributed by atoms with Crippen LogP contribution < -0.4 is 0 Å². The van der Waals surface area contributed by atoms with E-state index < -0.39 is 5.97 Å². The number of halogens is 3. The minimum absolute atomic E-state index is 0.0245. The van der Waals surface area contributed by atoms with Gasteiger partial charge in [-0.15, -0.1) is 0 Å². The summed E-state index contributed by atoms with van der Waals surface area (Å²) in [5.74, 6) is -0.835. The molecular weight excluding hydrogens is 335 g/mol. The zero-order chi connectivity index (χ0) is 15.7. The second-order valence-corrected chi connectivity index (χ2v) is 6.20. The number of rotatable bonds is 4. The van der Waals surface area contributed by atoms with Gasteiger partial charge in [0.1, 0.15) is 10.7 Å². The fraction of sp³-hybridized carbons (Fsp3) is 0.286. The highest BCUT2D eigenvalue weighted by molar-refractivity contribution is 6.42. The average Bonchev–Trinajstić information content (AvgIpc) is 2.69. The van der Waals surface area contributed by atoms with Crippen molar-refractivity contribution in [3.8, 4) is 5.69 Å². The van der Waals surface area contributed by atoms with Gasteiger partial charge in [-0.2, -0.15) is 5.10 Å². The Labute approximate surface area is 137 Å². The molecule has 0 aliphatic heterocycles. The Kier molecular flexibility index (Phi) is 4.81. The summed E-state index contributed by atoms with van der Waals surface area (Å²) >= 11 is 18.0. The second kappa shape index (κ2) is 6.26. The van der Waals surface area contributed by atoms with Gasteiger partial charge in [0.05, 0.1) is 21.4 Å². The normalized spacial score (nSPS) is 11.1. The molecule has 0 spiro atoms. The lowest BCUT2D eigenvalue weighted by atomic mass is 10.1. The lowest BCUT2D eigenvalue weighted by molar-refractivity contribution is 0.0695. The fourth-order valence-electron chi connectivity index (χ4n) is 1.97. The van der Waals surface area contributed by atoms with Gasteiger partial charge >= 0.3 is 5.97 Å². The molecule has 0 saturated carbocycles. The summed E-state index contributed by atoms with van der Waals surface area (Å²) in [7, 11) is 0. The smallest absolute Gasteiger partial charge is 0.340 e. The van der Waals surface area contributed by atoms with Gasteiger partial charge in [-0.3, -0.25) is 0 Å². The van der Waals surface area contributed by atoms with E-state index in [1.807, 2.05) is 13.8 Å². The van der Waals surface area contributed by atoms with E-state index in [1.165, 1.54) is 4.68 Å². The maximum absolute atomic E-state index is 11.4. The lowest BCUT2D eigenvalue weighted by Crippen LogP contribution is -2.03. The number of aromatic nitrogens is 2. The molecule has 21 heavy (non-hydrogen) atoms. The molecule has 2 aromatic rings. The minimum Gasteiger partial charge on any atom is -0.478 e. The third-order valence-corrected chi connectivity index (χ3v) is 3.95. The molecule has 0 radical (unpaired) electrons. The van der Waals surface area contributed by atoms with Crippen molar-refractivity contribution >= 4 is 40.8 Å². The van der Waals surface area contributed by atoms with Gasteiger partial charge in [-0.05, 0) is 30.5 Å². The third kappa shape index (κ3) is 3.34. The molecule has 7 heteroatoms. The average molecular weight is 348 g/mol. The predicted molar refractivity (Wildman–Crippen MR) is 84.1 cm³/mol. The number of hydrogen-bond acceptors (Lipinski definition) is 2. The summed E-state index contributed by atoms with van der Waals surface area (Å²) in [6, 6.07) is 4.88. The number of nitrogens with zero attached hydrogens (tertiary/aromatic N) is 2. The number of carboxylic acid groups (broad SMARTS) is 1. The van der Waals surface area contributed by atoms with Gasteiger partial charge in [0.25, 0.3) is 0 Å². The Hall–Kier alpha value is -1.23. The molecule has 0 bridgehead atoms. The van der Waals surface area contributed by atoms with Crippen molar-refractivity contribution in [3.63, 3.8) is 0 Å². The molecule has 112 valence electrons. The van der Waals surface area contributed by atoms with Crippen molar-refractivity contribution < 1.29 is 9.90 Å². The number of hydrogen-bond donors (Lipinski definition) is 1. The fourth-order valence-corrected chi connectivity index (χ4v) is 2.59. The molecule has 0 amide bonds. The van der Waals surface area contributed by atoms with Crippen LogP contribution in [0.5, 0.6) is 0 Å². The first-order chi connectivity index (χ1) is 9.81. The van der Waals surface area contributed by atoms with E-state index in [9.17, 15) is 9.90 Å². The monoisotopic (exact) mass is 346 g/mol. The standard InChI is InChI=1S/C14H13Cl3N2O2/c1-7(2)5-11-12(14(20)21)13(17)19(18-11)8-3-4-9(15)10(16)6-8/h3-4,6-7H,5H2,1-2H3,(H,20,21). The van der Waals surface area contributed by atoms with E-state index in [2.05, 4.69) is 5.10 Å². The van der Waals surface area contributed by atoms with E-state index in [1.54, 1.807) is 18.2 Å². The molecule has 1 aromatic heterocycles. The van der Waals surface area contributed by atoms with Crippen molar-refractivity contribution in [2.75, 3.05) is 0 Å². The van der Waals surface area contributed by atoms with Crippen LogP contribution in [0.25, 0.3) is 5.69 Å². The highest BCUT2D eigenvalue weighted by Gasteiger charge is 2.23. The van der Waals surface area contributed by atoms with Crippen LogP contribution in [0.2, 0.25) is 15.2 Å². The first-order valence-electron chi connectivity index (χ1n) is 6.27. The van der Waals surface area contributed by atoms with E-state index in [-0.39, 0.29) is 16.6 Å². The molecule has 1 heterocycles. The first kappa shape index (κ1) is 16.1. The molecule has 0 aliphatic carbocycles. The van der Waals surface area contributed by atoms with Crippen LogP contribution in [0.1, 0.15) is 29.9 Å². The van der Waals surface area contributed by atoms with E-state index in [4.69, 9.17) is 34.8 Å². The zero-order valence-electron chi connectivity index (χ0n) is 11.4. The Morgan fingerprint density at radius 1 is 1.29 bits per heavy atom. The van der Waals surface area contributed by atoms with Crippen LogP contribution in [-0.4, -0.2) is 20.9 Å². The number of aromatic carboxylic acids is 1. The molecule has 1 N–H and O–H groups in total. The molecule has 0 fully saturated rings. The van der Waals surface area contributed by atoms with Crippen molar-refractivity contribution in [2.24, 2.45) is 5.92 Å². The quantitative estimate of drug-likeness (QED) is 0.870. The Balaban J connectivity index is 2.58. The maximum Gasteiger partial charge on any atom is 0.340 e. The summed E-state index contributed by atoms with van der Waals surface area (Å²) in [4.78, 5) is 11.4. The number of carboxylic acids is 1. The molecular formula is C14H13Cl3N2O2. The molecule has 4 nitrogen and oxygen atoms in total. The largest absolute Gasteiger partial charge is 0.478 e. The SMILES string of the molecule is CC(C)Cc1nn(-c2ccc(Cl)c(Cl)c2)c(Cl)c1C(=O)O. The molecule has 1 aromatic carbocycles. The van der Waals surface area contributed by atoms with Crippen LogP contribution in [0.3, 0.4) is 0 Å². The van der Waals surface area contributed by atoms with Crippen LogP contribution >= 0.6 is 34.8 Å². The van der Waals surface area contributed by atoms with Crippen molar-refractivity contribution in [1.29, 1.82) is 0 Å². The number of benzene rings is 1. The zero-order valence-corrected chi connectivity index (χ0v) is 13.7. The summed E-state index contributed by atoms with van der Waals surface area (Å²) < 4.78 is 1.37. The van der Waals surface area contributed by atoms with E-state index in [0.29, 0.717) is 27.8 Å². The molecule has 0 unspecified atom stereocenters. The van der Waals surface area contributed by atoms with Crippen molar-refractivity contribution in [3.05, 3.63) is 44.7 Å². The molecule has 0 saturated heterocycles. The van der Waals surface area contributed by atoms with E-state index in [0.717, 1.165) is 0 Å². The second-order valence-electron chi connectivity index (χ2n) is 5.03. The van der Waals surface area contributed by atoms with Crippen LogP contribution in [-0.2, 0) is 6.42 Å². The molecule has 0 atom stereocenters. The van der Waals surface area contributed by atoms with Crippen LogP contribution in [0, 0.1) is 5.92 Å². The minimum atomic E-state index is -1.10. The Morgan fingerprint density at radius 3 is 2.48 bits per heavy atom. The molecule has 0 aliphatic rings. The maximum atomic E-state index is 11.4. The summed E-state index contributed by atoms with van der Waals surface area (Å²) in [5, 5.41) is 14.5. The summed E-state index contributed by atoms with van der Waals surface area (Å²) in [6.07, 6.45) is 0.523. The van der Waals surface area contributed by atoms with Crippen LogP contribution in [0.4, 0.5) is 0 Å². The number of carbonyl (C=O) groups is 1. The van der Waals surface area contributed by atoms with Crippen LogP contribution in [0.15, 0.2) is 18.2 Å².